The van der Waals surface area contributed by atoms with Crippen LogP contribution in [0.3, 0.4) is 0 Å². The van der Waals surface area contributed by atoms with Crippen molar-refractivity contribution in [3.63, 3.8) is 0 Å². The fraction of sp³-hybridized carbons (Fsp3) is 0.278. The number of ether oxygens (including phenoxy) is 1. The maximum Gasteiger partial charge on any atom is 0.311 e. The molecule has 0 saturated carbocycles. The van der Waals surface area contributed by atoms with Crippen LogP contribution in [0.25, 0.3) is 11.1 Å². The van der Waals surface area contributed by atoms with E-state index in [9.17, 15) is 15.0 Å². The van der Waals surface area contributed by atoms with Crippen molar-refractivity contribution in [1.29, 1.82) is 0 Å². The number of hydrogen-bond acceptors (Lipinski definition) is 7. The molecule has 7 nitrogen and oxygen atoms in total. The van der Waals surface area contributed by atoms with Gasteiger partial charge in [0.25, 0.3) is 0 Å². The number of rotatable bonds is 5. The van der Waals surface area contributed by atoms with Crippen molar-refractivity contribution in [3.8, 4) is 5.88 Å². The van der Waals surface area contributed by atoms with Crippen LogP contribution in [-0.4, -0.2) is 32.8 Å². The average molecular weight is 342 g/mol. The molecule has 3 rings (SSSR count). The Morgan fingerprint density at radius 3 is 2.84 bits per heavy atom. The number of carbonyl (C=O) groups excluding carboxylic acids is 1. The number of aromatic hydroxyl groups is 1. The van der Waals surface area contributed by atoms with E-state index in [2.05, 4.69) is 9.97 Å². The number of furan rings is 1. The number of esters is 1. The first-order valence-corrected chi connectivity index (χ1v) is 7.83. The molecule has 0 spiro atoms. The van der Waals surface area contributed by atoms with Crippen LogP contribution < -0.4 is 0 Å². The molecule has 0 aliphatic heterocycles. The number of fused-ring (bicyclic) bond motifs is 1. The van der Waals surface area contributed by atoms with Gasteiger partial charge in [-0.3, -0.25) is 4.79 Å². The van der Waals surface area contributed by atoms with Gasteiger partial charge in [0, 0.05) is 18.3 Å². The van der Waals surface area contributed by atoms with Gasteiger partial charge in [-0.05, 0) is 37.6 Å². The van der Waals surface area contributed by atoms with E-state index in [1.165, 1.54) is 12.3 Å². The summed E-state index contributed by atoms with van der Waals surface area (Å²) in [6, 6.07) is 7.95. The summed E-state index contributed by atoms with van der Waals surface area (Å²) >= 11 is 0. The van der Waals surface area contributed by atoms with Crippen LogP contribution in [-0.2, 0) is 21.6 Å². The average Bonchev–Trinajstić information content (AvgIpc) is 2.99. The third kappa shape index (κ3) is 3.46. The molecule has 0 saturated heterocycles. The molecule has 130 valence electrons. The van der Waals surface area contributed by atoms with Crippen LogP contribution in [0.2, 0.25) is 0 Å². The van der Waals surface area contributed by atoms with Gasteiger partial charge in [0.1, 0.15) is 16.9 Å². The lowest BCUT2D eigenvalue weighted by Gasteiger charge is -2.20. The Kier molecular flexibility index (Phi) is 4.41. The van der Waals surface area contributed by atoms with Crippen LogP contribution in [0.15, 0.2) is 40.9 Å². The predicted octanol–water partition coefficient (Wildman–Crippen LogP) is 2.29. The Bertz CT molecular complexity index is 917. The molecule has 25 heavy (non-hydrogen) atoms. The number of carbonyl (C=O) groups is 1. The largest absolute Gasteiger partial charge is 0.493 e. The Labute approximate surface area is 143 Å². The lowest BCUT2D eigenvalue weighted by atomic mass is 9.94. The van der Waals surface area contributed by atoms with Crippen molar-refractivity contribution in [2.75, 3.05) is 6.61 Å². The minimum absolute atomic E-state index is 0.0684. The topological polar surface area (TPSA) is 106 Å². The summed E-state index contributed by atoms with van der Waals surface area (Å²) in [7, 11) is 0. The summed E-state index contributed by atoms with van der Waals surface area (Å²) in [6.07, 6.45) is 1.47. The Morgan fingerprint density at radius 2 is 2.12 bits per heavy atom. The van der Waals surface area contributed by atoms with Crippen molar-refractivity contribution in [2.24, 2.45) is 0 Å². The molecule has 1 unspecified atom stereocenters. The second-order valence-corrected chi connectivity index (χ2v) is 5.75. The highest BCUT2D eigenvalue weighted by Crippen LogP contribution is 2.33. The van der Waals surface area contributed by atoms with Crippen LogP contribution in [0.1, 0.15) is 30.9 Å². The number of aliphatic hydroxyl groups is 1. The van der Waals surface area contributed by atoms with E-state index < -0.39 is 5.60 Å². The summed E-state index contributed by atoms with van der Waals surface area (Å²) in [4.78, 5) is 19.7. The molecule has 0 fully saturated rings. The standard InChI is InChI=1S/C18H18N2O5/c1-3-24-17(22)9-12-4-5-14-13(20-12)10-15(25-14)18(2,23)11-6-7-19-16(21)8-11/h4-8,10,23H,3,9H2,1-2H3,(H,19,21). The lowest BCUT2D eigenvalue weighted by Crippen LogP contribution is -2.21. The van der Waals surface area contributed by atoms with Gasteiger partial charge in [0.05, 0.1) is 18.7 Å². The first-order chi connectivity index (χ1) is 11.9. The Morgan fingerprint density at radius 1 is 1.32 bits per heavy atom. The molecule has 1 atom stereocenters. The number of nitrogens with zero attached hydrogens (tertiary/aromatic N) is 2. The molecule has 3 heterocycles. The first-order valence-electron chi connectivity index (χ1n) is 7.83. The van der Waals surface area contributed by atoms with Crippen molar-refractivity contribution in [2.45, 2.75) is 25.9 Å². The van der Waals surface area contributed by atoms with E-state index in [4.69, 9.17) is 9.15 Å². The SMILES string of the molecule is CCOC(=O)Cc1ccc2oc(C(C)(O)c3ccnc(O)c3)cc2n1. The molecular formula is C18H18N2O5. The molecule has 3 aromatic heterocycles. The van der Waals surface area contributed by atoms with E-state index in [1.54, 1.807) is 38.1 Å². The highest BCUT2D eigenvalue weighted by atomic mass is 16.5. The summed E-state index contributed by atoms with van der Waals surface area (Å²) < 4.78 is 10.6. The second-order valence-electron chi connectivity index (χ2n) is 5.75. The second kappa shape index (κ2) is 6.52. The normalized spacial score (nSPS) is 13.6. The molecule has 0 aliphatic rings. The zero-order chi connectivity index (χ0) is 18.0. The monoisotopic (exact) mass is 342 g/mol. The molecule has 0 bridgehead atoms. The third-order valence-corrected chi connectivity index (χ3v) is 3.85. The van der Waals surface area contributed by atoms with Gasteiger partial charge in [0.15, 0.2) is 5.58 Å². The van der Waals surface area contributed by atoms with Crippen molar-refractivity contribution in [1.82, 2.24) is 9.97 Å². The zero-order valence-corrected chi connectivity index (χ0v) is 13.9. The fourth-order valence-corrected chi connectivity index (χ4v) is 2.53. The minimum atomic E-state index is -1.47. The molecule has 0 radical (unpaired) electrons. The lowest BCUT2D eigenvalue weighted by molar-refractivity contribution is -0.142. The van der Waals surface area contributed by atoms with E-state index in [0.29, 0.717) is 29.0 Å². The van der Waals surface area contributed by atoms with Gasteiger partial charge in [-0.25, -0.2) is 9.97 Å². The van der Waals surface area contributed by atoms with Gasteiger partial charge in [-0.15, -0.1) is 0 Å². The van der Waals surface area contributed by atoms with Gasteiger partial charge >= 0.3 is 5.97 Å². The summed E-state index contributed by atoms with van der Waals surface area (Å²) in [5.41, 5.74) is 0.532. The van der Waals surface area contributed by atoms with Crippen molar-refractivity contribution >= 4 is 17.1 Å². The number of pyridine rings is 2. The summed E-state index contributed by atoms with van der Waals surface area (Å²) in [5.74, 6) is -0.269. The maximum atomic E-state index is 11.6. The van der Waals surface area contributed by atoms with Crippen LogP contribution in [0.5, 0.6) is 5.88 Å². The van der Waals surface area contributed by atoms with E-state index >= 15 is 0 Å². The molecule has 0 aliphatic carbocycles. The number of hydrogen-bond donors (Lipinski definition) is 2. The van der Waals surface area contributed by atoms with Gasteiger partial charge < -0.3 is 19.4 Å². The molecule has 0 amide bonds. The van der Waals surface area contributed by atoms with Crippen LogP contribution in [0, 0.1) is 0 Å². The quantitative estimate of drug-likeness (QED) is 0.685. The molecule has 3 aromatic rings. The van der Waals surface area contributed by atoms with Gasteiger partial charge in [-0.1, -0.05) is 0 Å². The fourth-order valence-electron chi connectivity index (χ4n) is 2.53. The third-order valence-electron chi connectivity index (χ3n) is 3.85. The maximum absolute atomic E-state index is 11.6. The Balaban J connectivity index is 1.94. The van der Waals surface area contributed by atoms with Crippen molar-refractivity contribution < 1.29 is 24.2 Å². The van der Waals surface area contributed by atoms with Gasteiger partial charge in [0.2, 0.25) is 5.88 Å². The van der Waals surface area contributed by atoms with E-state index in [-0.39, 0.29) is 24.0 Å². The Hall–Kier alpha value is -2.93. The molecular weight excluding hydrogens is 324 g/mol. The van der Waals surface area contributed by atoms with Crippen LogP contribution in [0.4, 0.5) is 0 Å². The molecule has 7 heteroatoms. The highest BCUT2D eigenvalue weighted by Gasteiger charge is 2.30. The van der Waals surface area contributed by atoms with Gasteiger partial charge in [-0.2, -0.15) is 0 Å². The van der Waals surface area contributed by atoms with E-state index in [0.717, 1.165) is 0 Å². The van der Waals surface area contributed by atoms with Crippen molar-refractivity contribution in [3.05, 3.63) is 53.5 Å². The minimum Gasteiger partial charge on any atom is -0.493 e. The summed E-state index contributed by atoms with van der Waals surface area (Å²) in [6.45, 7) is 3.62. The molecule has 0 aromatic carbocycles. The predicted molar refractivity (Wildman–Crippen MR) is 88.9 cm³/mol. The molecule has 2 N–H and O–H groups in total. The highest BCUT2D eigenvalue weighted by molar-refractivity contribution is 5.76. The van der Waals surface area contributed by atoms with Crippen LogP contribution >= 0.6 is 0 Å². The zero-order valence-electron chi connectivity index (χ0n) is 13.9. The smallest absolute Gasteiger partial charge is 0.311 e. The first kappa shape index (κ1) is 16.9. The number of aromatic nitrogens is 2. The summed E-state index contributed by atoms with van der Waals surface area (Å²) in [5, 5.41) is 20.4. The van der Waals surface area contributed by atoms with E-state index in [1.807, 2.05) is 0 Å².